The number of benzene rings is 1. The zero-order valence-electron chi connectivity index (χ0n) is 12.7. The van der Waals surface area contributed by atoms with Crippen LogP contribution in [-0.4, -0.2) is 31.6 Å². The van der Waals surface area contributed by atoms with E-state index in [0.29, 0.717) is 6.54 Å². The lowest BCUT2D eigenvalue weighted by atomic mass is 9.93. The van der Waals surface area contributed by atoms with E-state index in [0.717, 1.165) is 13.0 Å². The second-order valence-electron chi connectivity index (χ2n) is 5.72. The van der Waals surface area contributed by atoms with Crippen LogP contribution < -0.4 is 0 Å². The predicted molar refractivity (Wildman–Crippen MR) is 78.0 cm³/mol. The minimum absolute atomic E-state index is 0.166. The van der Waals surface area contributed by atoms with Gasteiger partial charge < -0.3 is 9.64 Å². The van der Waals surface area contributed by atoms with Gasteiger partial charge in [0.05, 0.1) is 12.5 Å². The first-order valence-corrected chi connectivity index (χ1v) is 6.74. The zero-order valence-corrected chi connectivity index (χ0v) is 12.7. The van der Waals surface area contributed by atoms with E-state index in [9.17, 15) is 4.79 Å². The molecule has 0 aliphatic rings. The molecule has 0 saturated heterocycles. The summed E-state index contributed by atoms with van der Waals surface area (Å²) in [4.78, 5) is 13.8. The Balaban J connectivity index is 2.59. The summed E-state index contributed by atoms with van der Waals surface area (Å²) in [5.41, 5.74) is 2.13. The number of esters is 1. The van der Waals surface area contributed by atoms with Crippen LogP contribution in [0.5, 0.6) is 0 Å². The highest BCUT2D eigenvalue weighted by molar-refractivity contribution is 5.76. The van der Waals surface area contributed by atoms with Gasteiger partial charge in [0.25, 0.3) is 0 Å². The van der Waals surface area contributed by atoms with Crippen LogP contribution in [0.25, 0.3) is 0 Å². The van der Waals surface area contributed by atoms with Gasteiger partial charge in [-0.3, -0.25) is 4.79 Å². The average molecular weight is 263 g/mol. The number of carbonyl (C=O) groups excluding carboxylic acids is 1. The molecule has 0 spiro atoms. The molecule has 0 bridgehead atoms. The van der Waals surface area contributed by atoms with Crippen molar-refractivity contribution < 1.29 is 9.53 Å². The molecule has 0 aliphatic heterocycles. The van der Waals surface area contributed by atoms with E-state index in [1.165, 1.54) is 18.2 Å². The summed E-state index contributed by atoms with van der Waals surface area (Å²) in [6.07, 6.45) is 1.06. The van der Waals surface area contributed by atoms with E-state index < -0.39 is 5.41 Å². The van der Waals surface area contributed by atoms with Gasteiger partial charge in [0, 0.05) is 13.1 Å². The third-order valence-corrected chi connectivity index (χ3v) is 3.29. The molecule has 0 atom stereocenters. The van der Waals surface area contributed by atoms with E-state index in [1.807, 2.05) is 20.9 Å². The molecule has 19 heavy (non-hydrogen) atoms. The molecule has 106 valence electrons. The maximum Gasteiger partial charge on any atom is 0.312 e. The van der Waals surface area contributed by atoms with Crippen LogP contribution in [0, 0.1) is 5.41 Å². The summed E-state index contributed by atoms with van der Waals surface area (Å²) in [5, 5.41) is 0. The molecule has 0 saturated carbocycles. The van der Waals surface area contributed by atoms with Crippen LogP contribution in [0.1, 0.15) is 31.9 Å². The van der Waals surface area contributed by atoms with Crippen molar-refractivity contribution in [3.63, 3.8) is 0 Å². The minimum atomic E-state index is -0.479. The molecule has 0 radical (unpaired) electrons. The number of aryl methyl sites for hydroxylation is 1. The summed E-state index contributed by atoms with van der Waals surface area (Å²) in [6.45, 7) is 7.49. The highest BCUT2D eigenvalue weighted by Crippen LogP contribution is 2.19. The van der Waals surface area contributed by atoms with Crippen LogP contribution in [0.15, 0.2) is 24.3 Å². The first kappa shape index (κ1) is 15.7. The van der Waals surface area contributed by atoms with Crippen LogP contribution in [0.2, 0.25) is 0 Å². The molecule has 0 amide bonds. The van der Waals surface area contributed by atoms with Gasteiger partial charge in [-0.25, -0.2) is 0 Å². The summed E-state index contributed by atoms with van der Waals surface area (Å²) < 4.78 is 4.83. The molecular weight excluding hydrogens is 238 g/mol. The van der Waals surface area contributed by atoms with Gasteiger partial charge in [0.2, 0.25) is 0 Å². The lowest BCUT2D eigenvalue weighted by Crippen LogP contribution is -2.37. The fourth-order valence-corrected chi connectivity index (χ4v) is 2.26. The quantitative estimate of drug-likeness (QED) is 0.739. The van der Waals surface area contributed by atoms with Gasteiger partial charge in [-0.1, -0.05) is 31.2 Å². The Morgan fingerprint density at radius 2 is 1.74 bits per heavy atom. The van der Waals surface area contributed by atoms with Crippen molar-refractivity contribution in [1.82, 2.24) is 4.90 Å². The standard InChI is InChI=1S/C16H25NO2/c1-6-13-7-9-14(10-8-13)11-17(4)12-16(2,3)15(18)19-5/h7-10H,6,11-12H2,1-5H3. The van der Waals surface area contributed by atoms with Crippen LogP contribution in [-0.2, 0) is 22.5 Å². The SMILES string of the molecule is CCc1ccc(CN(C)CC(C)(C)C(=O)OC)cc1. The van der Waals surface area contributed by atoms with Crippen molar-refractivity contribution in [3.8, 4) is 0 Å². The molecule has 1 aromatic rings. The Labute approximate surface area is 116 Å². The summed E-state index contributed by atoms with van der Waals surface area (Å²) in [5.74, 6) is -0.166. The number of hydrogen-bond acceptors (Lipinski definition) is 3. The number of methoxy groups -OCH3 is 1. The molecule has 0 N–H and O–H groups in total. The van der Waals surface area contributed by atoms with Crippen molar-refractivity contribution >= 4 is 5.97 Å². The first-order chi connectivity index (χ1) is 8.89. The number of hydrogen-bond donors (Lipinski definition) is 0. The Bertz CT molecular complexity index is 409. The Morgan fingerprint density at radius 1 is 1.21 bits per heavy atom. The Hall–Kier alpha value is -1.35. The topological polar surface area (TPSA) is 29.5 Å². The normalized spacial score (nSPS) is 11.7. The van der Waals surface area contributed by atoms with Gasteiger partial charge in [-0.2, -0.15) is 0 Å². The van der Waals surface area contributed by atoms with E-state index in [1.54, 1.807) is 0 Å². The maximum absolute atomic E-state index is 11.7. The molecule has 1 rings (SSSR count). The molecule has 0 heterocycles. The van der Waals surface area contributed by atoms with E-state index in [4.69, 9.17) is 4.74 Å². The molecule has 0 aliphatic carbocycles. The van der Waals surface area contributed by atoms with Crippen molar-refractivity contribution in [3.05, 3.63) is 35.4 Å². The average Bonchev–Trinajstić information content (AvgIpc) is 2.37. The molecule has 3 heteroatoms. The van der Waals surface area contributed by atoms with Crippen LogP contribution in [0.3, 0.4) is 0 Å². The lowest BCUT2D eigenvalue weighted by Gasteiger charge is -2.27. The van der Waals surface area contributed by atoms with E-state index in [2.05, 4.69) is 36.1 Å². The summed E-state index contributed by atoms with van der Waals surface area (Å²) in [6, 6.07) is 8.63. The maximum atomic E-state index is 11.7. The third-order valence-electron chi connectivity index (χ3n) is 3.29. The highest BCUT2D eigenvalue weighted by atomic mass is 16.5. The number of rotatable bonds is 6. The van der Waals surface area contributed by atoms with Crippen molar-refractivity contribution in [1.29, 1.82) is 0 Å². The van der Waals surface area contributed by atoms with E-state index >= 15 is 0 Å². The van der Waals surface area contributed by atoms with Crippen molar-refractivity contribution in [2.75, 3.05) is 20.7 Å². The minimum Gasteiger partial charge on any atom is -0.469 e. The number of carbonyl (C=O) groups is 1. The number of ether oxygens (including phenoxy) is 1. The second-order valence-corrected chi connectivity index (χ2v) is 5.72. The molecule has 3 nitrogen and oxygen atoms in total. The van der Waals surface area contributed by atoms with Crippen LogP contribution >= 0.6 is 0 Å². The summed E-state index contributed by atoms with van der Waals surface area (Å²) >= 11 is 0. The largest absolute Gasteiger partial charge is 0.469 e. The van der Waals surface area contributed by atoms with E-state index in [-0.39, 0.29) is 5.97 Å². The van der Waals surface area contributed by atoms with Crippen molar-refractivity contribution in [2.45, 2.75) is 33.7 Å². The second kappa shape index (κ2) is 6.71. The fourth-order valence-electron chi connectivity index (χ4n) is 2.26. The molecule has 0 fully saturated rings. The molecule has 0 unspecified atom stereocenters. The predicted octanol–water partition coefficient (Wildman–Crippen LogP) is 2.88. The Kier molecular flexibility index (Phi) is 5.55. The zero-order chi connectivity index (χ0) is 14.5. The lowest BCUT2D eigenvalue weighted by molar-refractivity contribution is -0.151. The van der Waals surface area contributed by atoms with Gasteiger partial charge in [-0.05, 0) is 38.4 Å². The number of nitrogens with zero attached hydrogens (tertiary/aromatic N) is 1. The third kappa shape index (κ3) is 4.67. The smallest absolute Gasteiger partial charge is 0.312 e. The monoisotopic (exact) mass is 263 g/mol. The van der Waals surface area contributed by atoms with Gasteiger partial charge in [0.15, 0.2) is 0 Å². The summed E-state index contributed by atoms with van der Waals surface area (Å²) in [7, 11) is 3.46. The van der Waals surface area contributed by atoms with Gasteiger partial charge in [-0.15, -0.1) is 0 Å². The van der Waals surface area contributed by atoms with Crippen LogP contribution in [0.4, 0.5) is 0 Å². The fraction of sp³-hybridized carbons (Fsp3) is 0.562. The van der Waals surface area contributed by atoms with Gasteiger partial charge >= 0.3 is 5.97 Å². The molecule has 0 aromatic heterocycles. The van der Waals surface area contributed by atoms with Gasteiger partial charge in [0.1, 0.15) is 0 Å². The Morgan fingerprint density at radius 3 is 2.21 bits per heavy atom. The highest BCUT2D eigenvalue weighted by Gasteiger charge is 2.29. The first-order valence-electron chi connectivity index (χ1n) is 6.74. The molecular formula is C16H25NO2. The molecule has 1 aromatic carbocycles. The van der Waals surface area contributed by atoms with Crippen molar-refractivity contribution in [2.24, 2.45) is 5.41 Å².